The molecule has 0 radical (unpaired) electrons. The molecule has 0 saturated carbocycles. The van der Waals surface area contributed by atoms with E-state index in [9.17, 15) is 0 Å². The van der Waals surface area contributed by atoms with Crippen LogP contribution in [0.25, 0.3) is 0 Å². The first-order valence-corrected chi connectivity index (χ1v) is 5.53. The minimum absolute atomic E-state index is 0.235. The molecule has 0 aromatic carbocycles. The van der Waals surface area contributed by atoms with Gasteiger partial charge in [-0.15, -0.1) is 0 Å². The van der Waals surface area contributed by atoms with Crippen LogP contribution >= 0.6 is 11.6 Å². The Kier molecular flexibility index (Phi) is 3.14. The molecule has 2 aromatic heterocycles. The van der Waals surface area contributed by atoms with Crippen LogP contribution in [0.4, 0.5) is 17.2 Å². The second-order valence-electron chi connectivity index (χ2n) is 3.85. The zero-order chi connectivity index (χ0) is 12.4. The van der Waals surface area contributed by atoms with E-state index in [4.69, 9.17) is 17.3 Å². The molecule has 90 valence electrons. The van der Waals surface area contributed by atoms with E-state index in [-0.39, 0.29) is 5.15 Å². The molecule has 0 atom stereocenters. The molecule has 0 spiro atoms. The van der Waals surface area contributed by atoms with E-state index in [2.05, 4.69) is 20.4 Å². The quantitative estimate of drug-likeness (QED) is 0.819. The Morgan fingerprint density at radius 1 is 1.41 bits per heavy atom. The topological polar surface area (TPSA) is 81.7 Å². The number of nitrogens with two attached hydrogens (primary N) is 1. The van der Waals surface area contributed by atoms with Gasteiger partial charge in [0, 0.05) is 12.2 Å². The predicted octanol–water partition coefficient (Wildman–Crippen LogP) is 2.23. The van der Waals surface area contributed by atoms with Crippen molar-refractivity contribution in [3.8, 4) is 0 Å². The highest BCUT2D eigenvalue weighted by molar-refractivity contribution is 6.32. The molecule has 0 bridgehead atoms. The molecule has 2 heterocycles. The number of nitrogens with one attached hydrogen (secondary N) is 1. The second kappa shape index (κ2) is 4.58. The van der Waals surface area contributed by atoms with Gasteiger partial charge in [0.15, 0.2) is 11.0 Å². The summed E-state index contributed by atoms with van der Waals surface area (Å²) in [6.45, 7) is 4.10. The van der Waals surface area contributed by atoms with E-state index in [0.29, 0.717) is 17.5 Å². The lowest BCUT2D eigenvalue weighted by Gasteiger charge is -2.06. The van der Waals surface area contributed by atoms with Gasteiger partial charge in [-0.05, 0) is 13.8 Å². The summed E-state index contributed by atoms with van der Waals surface area (Å²) in [6, 6.07) is 0.303. The third-order valence-electron chi connectivity index (χ3n) is 2.23. The molecule has 17 heavy (non-hydrogen) atoms. The lowest BCUT2D eigenvalue weighted by atomic mass is 10.4. The Bertz CT molecular complexity index is 521. The van der Waals surface area contributed by atoms with Gasteiger partial charge in [-0.2, -0.15) is 5.10 Å². The van der Waals surface area contributed by atoms with Crippen molar-refractivity contribution in [2.75, 3.05) is 11.1 Å². The molecule has 2 aromatic rings. The van der Waals surface area contributed by atoms with Crippen LogP contribution in [0.2, 0.25) is 5.15 Å². The van der Waals surface area contributed by atoms with E-state index < -0.39 is 0 Å². The van der Waals surface area contributed by atoms with E-state index >= 15 is 0 Å². The molecule has 0 amide bonds. The number of nitrogens with zero attached hydrogens (tertiary/aromatic N) is 4. The first-order valence-electron chi connectivity index (χ1n) is 5.15. The molecule has 2 rings (SSSR count). The molecule has 6 nitrogen and oxygen atoms in total. The number of nitrogen functional groups attached to an aromatic ring is 1. The first kappa shape index (κ1) is 11.7. The van der Waals surface area contributed by atoms with Crippen LogP contribution < -0.4 is 11.1 Å². The highest BCUT2D eigenvalue weighted by Gasteiger charge is 2.08. The van der Waals surface area contributed by atoms with Crippen molar-refractivity contribution in [1.29, 1.82) is 0 Å². The van der Waals surface area contributed by atoms with Crippen molar-refractivity contribution in [2.24, 2.45) is 0 Å². The molecule has 0 fully saturated rings. The van der Waals surface area contributed by atoms with Crippen LogP contribution in [0.15, 0.2) is 18.7 Å². The Morgan fingerprint density at radius 3 is 2.82 bits per heavy atom. The fraction of sp³-hybridized carbons (Fsp3) is 0.300. The summed E-state index contributed by atoms with van der Waals surface area (Å²) >= 11 is 5.80. The highest BCUT2D eigenvalue weighted by atomic mass is 35.5. The minimum atomic E-state index is 0.235. The molecule has 0 unspecified atom stereocenters. The maximum absolute atomic E-state index is 5.80. The fourth-order valence-corrected chi connectivity index (χ4v) is 1.43. The van der Waals surface area contributed by atoms with E-state index in [1.165, 1.54) is 6.33 Å². The monoisotopic (exact) mass is 252 g/mol. The van der Waals surface area contributed by atoms with Gasteiger partial charge >= 0.3 is 0 Å². The normalized spacial score (nSPS) is 10.8. The fourth-order valence-electron chi connectivity index (χ4n) is 1.30. The Morgan fingerprint density at radius 2 is 2.18 bits per heavy atom. The average molecular weight is 253 g/mol. The van der Waals surface area contributed by atoms with Gasteiger partial charge < -0.3 is 11.1 Å². The van der Waals surface area contributed by atoms with Gasteiger partial charge in [0.1, 0.15) is 12.0 Å². The van der Waals surface area contributed by atoms with Crippen LogP contribution in [0, 0.1) is 0 Å². The van der Waals surface area contributed by atoms with Gasteiger partial charge in [0.25, 0.3) is 0 Å². The van der Waals surface area contributed by atoms with Crippen LogP contribution in [0.1, 0.15) is 19.9 Å². The van der Waals surface area contributed by atoms with Crippen LogP contribution in [-0.2, 0) is 0 Å². The van der Waals surface area contributed by atoms with Crippen molar-refractivity contribution in [2.45, 2.75) is 19.9 Å². The molecular formula is C10H13ClN6. The Balaban J connectivity index is 2.22. The number of hydrogen-bond acceptors (Lipinski definition) is 5. The molecule has 7 heteroatoms. The summed E-state index contributed by atoms with van der Waals surface area (Å²) in [5, 5.41) is 7.48. The van der Waals surface area contributed by atoms with Gasteiger partial charge in [0.05, 0.1) is 11.9 Å². The van der Waals surface area contributed by atoms with Crippen LogP contribution in [0.5, 0.6) is 0 Å². The van der Waals surface area contributed by atoms with Crippen molar-refractivity contribution >= 4 is 28.8 Å². The molecule has 3 N–H and O–H groups in total. The first-order chi connectivity index (χ1) is 8.08. The van der Waals surface area contributed by atoms with Gasteiger partial charge in [0.2, 0.25) is 0 Å². The number of halogens is 1. The molecular weight excluding hydrogens is 240 g/mol. The minimum Gasteiger partial charge on any atom is -0.393 e. The Hall–Kier alpha value is -1.82. The largest absolute Gasteiger partial charge is 0.393 e. The third kappa shape index (κ3) is 2.47. The van der Waals surface area contributed by atoms with Crippen molar-refractivity contribution in [3.05, 3.63) is 23.9 Å². The standard InChI is InChI=1S/C10H13ClN6/c1-6(2)17-4-7(3-15-17)16-10-8(12)9(11)13-5-14-10/h3-6H,12H2,1-2H3,(H,13,14,16). The molecule has 0 aliphatic rings. The van der Waals surface area contributed by atoms with Gasteiger partial charge in [-0.25, -0.2) is 9.97 Å². The number of hydrogen-bond donors (Lipinski definition) is 2. The number of anilines is 3. The van der Waals surface area contributed by atoms with Crippen molar-refractivity contribution < 1.29 is 0 Å². The molecule has 0 saturated heterocycles. The third-order valence-corrected chi connectivity index (χ3v) is 2.53. The zero-order valence-electron chi connectivity index (χ0n) is 9.55. The van der Waals surface area contributed by atoms with Crippen LogP contribution in [-0.4, -0.2) is 19.7 Å². The lowest BCUT2D eigenvalue weighted by molar-refractivity contribution is 0.532. The van der Waals surface area contributed by atoms with E-state index in [1.54, 1.807) is 6.20 Å². The lowest BCUT2D eigenvalue weighted by Crippen LogP contribution is -2.01. The smallest absolute Gasteiger partial charge is 0.158 e. The second-order valence-corrected chi connectivity index (χ2v) is 4.21. The van der Waals surface area contributed by atoms with Crippen LogP contribution in [0.3, 0.4) is 0 Å². The van der Waals surface area contributed by atoms with E-state index in [0.717, 1.165) is 5.69 Å². The zero-order valence-corrected chi connectivity index (χ0v) is 10.3. The Labute approximate surface area is 104 Å². The maximum Gasteiger partial charge on any atom is 0.158 e. The average Bonchev–Trinajstić information content (AvgIpc) is 2.73. The summed E-state index contributed by atoms with van der Waals surface area (Å²) in [5.41, 5.74) is 6.88. The van der Waals surface area contributed by atoms with E-state index in [1.807, 2.05) is 24.7 Å². The maximum atomic E-state index is 5.80. The van der Waals surface area contributed by atoms with Crippen molar-refractivity contribution in [3.63, 3.8) is 0 Å². The number of aromatic nitrogens is 4. The van der Waals surface area contributed by atoms with Gasteiger partial charge in [-0.3, -0.25) is 4.68 Å². The number of rotatable bonds is 3. The highest BCUT2D eigenvalue weighted by Crippen LogP contribution is 2.25. The predicted molar refractivity (Wildman–Crippen MR) is 67.3 cm³/mol. The summed E-state index contributed by atoms with van der Waals surface area (Å²) in [4.78, 5) is 7.80. The summed E-state index contributed by atoms with van der Waals surface area (Å²) < 4.78 is 1.83. The molecule has 0 aliphatic heterocycles. The summed E-state index contributed by atoms with van der Waals surface area (Å²) in [7, 11) is 0. The molecule has 0 aliphatic carbocycles. The van der Waals surface area contributed by atoms with Crippen molar-refractivity contribution in [1.82, 2.24) is 19.7 Å². The summed E-state index contributed by atoms with van der Waals surface area (Å²) in [5.74, 6) is 0.480. The van der Waals surface area contributed by atoms with Gasteiger partial charge in [-0.1, -0.05) is 11.6 Å². The summed E-state index contributed by atoms with van der Waals surface area (Å²) in [6.07, 6.45) is 4.93. The SMILES string of the molecule is CC(C)n1cc(Nc2ncnc(Cl)c2N)cn1.